The molecule has 0 radical (unpaired) electrons. The third-order valence-electron chi connectivity index (χ3n) is 1.99. The van der Waals surface area contributed by atoms with Gasteiger partial charge < -0.3 is 10.4 Å². The van der Waals surface area contributed by atoms with E-state index in [1.54, 1.807) is 12.1 Å². The molecule has 14 heavy (non-hydrogen) atoms. The van der Waals surface area contributed by atoms with E-state index >= 15 is 0 Å². The lowest BCUT2D eigenvalue weighted by Gasteiger charge is -2.16. The molecule has 0 aromatic heterocycles. The Labute approximate surface area is 87.7 Å². The Kier molecular flexibility index (Phi) is 4.32. The van der Waals surface area contributed by atoms with Crippen molar-refractivity contribution >= 4 is 11.6 Å². The lowest BCUT2D eigenvalue weighted by atomic mass is 10.1. The normalized spacial score (nSPS) is 12.9. The third-order valence-corrected chi connectivity index (χ3v) is 2.28. The van der Waals surface area contributed by atoms with Crippen LogP contribution in [0.15, 0.2) is 18.2 Å². The lowest BCUT2D eigenvalue weighted by Crippen LogP contribution is -2.24. The van der Waals surface area contributed by atoms with Crippen molar-refractivity contribution in [2.45, 2.75) is 13.0 Å². The highest BCUT2D eigenvalue weighted by molar-refractivity contribution is 6.30. The van der Waals surface area contributed by atoms with E-state index in [4.69, 9.17) is 16.7 Å². The molecule has 0 aliphatic carbocycles. The molecule has 1 unspecified atom stereocenters. The van der Waals surface area contributed by atoms with Gasteiger partial charge in [-0.2, -0.15) is 0 Å². The molecule has 0 heterocycles. The number of benzene rings is 1. The third kappa shape index (κ3) is 2.44. The Morgan fingerprint density at radius 2 is 2.29 bits per heavy atom. The van der Waals surface area contributed by atoms with Crippen LogP contribution >= 0.6 is 11.6 Å². The molecular weight excluding hydrogens is 205 g/mol. The molecular formula is C10H13ClFNO. The second kappa shape index (κ2) is 5.29. The van der Waals surface area contributed by atoms with E-state index in [2.05, 4.69) is 5.32 Å². The molecule has 1 atom stereocenters. The average molecular weight is 218 g/mol. The maximum Gasteiger partial charge on any atom is 0.146 e. The maximum atomic E-state index is 13.5. The highest BCUT2D eigenvalue weighted by Gasteiger charge is 2.15. The Morgan fingerprint density at radius 3 is 2.86 bits per heavy atom. The Hall–Kier alpha value is -0.640. The van der Waals surface area contributed by atoms with E-state index < -0.39 is 11.9 Å². The van der Waals surface area contributed by atoms with Gasteiger partial charge in [-0.25, -0.2) is 4.39 Å². The van der Waals surface area contributed by atoms with Gasteiger partial charge in [0.2, 0.25) is 0 Å². The van der Waals surface area contributed by atoms with Gasteiger partial charge in [0.1, 0.15) is 5.82 Å². The Bertz CT molecular complexity index is 306. The SMILES string of the molecule is CCNC(CO)c1cccc(Cl)c1F. The first-order chi connectivity index (χ1) is 6.70. The number of likely N-dealkylation sites (N-methyl/N-ethyl adjacent to an activating group) is 1. The van der Waals surface area contributed by atoms with Gasteiger partial charge in [0.05, 0.1) is 17.7 Å². The maximum absolute atomic E-state index is 13.5. The average Bonchev–Trinajstić information content (AvgIpc) is 2.19. The van der Waals surface area contributed by atoms with Crippen molar-refractivity contribution in [2.75, 3.05) is 13.2 Å². The van der Waals surface area contributed by atoms with Crippen molar-refractivity contribution in [1.82, 2.24) is 5.32 Å². The molecule has 0 saturated carbocycles. The first-order valence-electron chi connectivity index (χ1n) is 4.48. The summed E-state index contributed by atoms with van der Waals surface area (Å²) in [4.78, 5) is 0. The van der Waals surface area contributed by atoms with Crippen LogP contribution in [0.25, 0.3) is 0 Å². The largest absolute Gasteiger partial charge is 0.394 e. The zero-order valence-corrected chi connectivity index (χ0v) is 8.68. The van der Waals surface area contributed by atoms with Gasteiger partial charge in [0.15, 0.2) is 0 Å². The molecule has 0 aliphatic rings. The molecule has 1 aromatic carbocycles. The number of halogens is 2. The van der Waals surface area contributed by atoms with E-state index in [-0.39, 0.29) is 11.6 Å². The van der Waals surface area contributed by atoms with Gasteiger partial charge in [-0.15, -0.1) is 0 Å². The number of hydrogen-bond acceptors (Lipinski definition) is 2. The predicted octanol–water partition coefficient (Wildman–Crippen LogP) is 2.12. The number of aliphatic hydroxyl groups excluding tert-OH is 1. The van der Waals surface area contributed by atoms with Crippen LogP contribution in [0.3, 0.4) is 0 Å². The van der Waals surface area contributed by atoms with Crippen LogP contribution in [0.5, 0.6) is 0 Å². The quantitative estimate of drug-likeness (QED) is 0.810. The fraction of sp³-hybridized carbons (Fsp3) is 0.400. The molecule has 0 saturated heterocycles. The summed E-state index contributed by atoms with van der Waals surface area (Å²) in [6.45, 7) is 2.41. The standard InChI is InChI=1S/C10H13ClFNO/c1-2-13-9(6-14)7-4-3-5-8(11)10(7)12/h3-5,9,13-14H,2,6H2,1H3. The summed E-state index contributed by atoms with van der Waals surface area (Å²) in [7, 11) is 0. The minimum Gasteiger partial charge on any atom is -0.394 e. The summed E-state index contributed by atoms with van der Waals surface area (Å²) in [5, 5.41) is 12.1. The molecule has 1 aromatic rings. The van der Waals surface area contributed by atoms with E-state index in [0.29, 0.717) is 12.1 Å². The summed E-state index contributed by atoms with van der Waals surface area (Å²) in [5.41, 5.74) is 0.404. The molecule has 0 fully saturated rings. The molecule has 78 valence electrons. The van der Waals surface area contributed by atoms with Crippen LogP contribution in [-0.4, -0.2) is 18.3 Å². The van der Waals surface area contributed by atoms with Crippen molar-refractivity contribution in [3.05, 3.63) is 34.6 Å². The predicted molar refractivity (Wildman–Crippen MR) is 54.9 cm³/mol. The summed E-state index contributed by atoms with van der Waals surface area (Å²) in [6, 6.07) is 4.38. The zero-order chi connectivity index (χ0) is 10.6. The molecule has 1 rings (SSSR count). The molecule has 0 spiro atoms. The van der Waals surface area contributed by atoms with Gasteiger partial charge in [-0.05, 0) is 12.6 Å². The Balaban J connectivity index is 2.97. The highest BCUT2D eigenvalue weighted by Crippen LogP contribution is 2.22. The minimum atomic E-state index is -0.464. The van der Waals surface area contributed by atoms with Crippen LogP contribution in [0, 0.1) is 5.82 Å². The first kappa shape index (κ1) is 11.4. The molecule has 0 bridgehead atoms. The fourth-order valence-corrected chi connectivity index (χ4v) is 1.49. The summed E-state index contributed by atoms with van der Waals surface area (Å²) in [5.74, 6) is -0.464. The summed E-state index contributed by atoms with van der Waals surface area (Å²) >= 11 is 5.63. The van der Waals surface area contributed by atoms with Crippen molar-refractivity contribution < 1.29 is 9.50 Å². The second-order valence-corrected chi connectivity index (χ2v) is 3.34. The van der Waals surface area contributed by atoms with Gasteiger partial charge in [-0.1, -0.05) is 30.7 Å². The van der Waals surface area contributed by atoms with Crippen molar-refractivity contribution in [2.24, 2.45) is 0 Å². The van der Waals surface area contributed by atoms with Gasteiger partial charge >= 0.3 is 0 Å². The number of nitrogens with one attached hydrogen (secondary N) is 1. The van der Waals surface area contributed by atoms with E-state index in [9.17, 15) is 4.39 Å². The second-order valence-electron chi connectivity index (χ2n) is 2.94. The Morgan fingerprint density at radius 1 is 1.57 bits per heavy atom. The van der Waals surface area contributed by atoms with Crippen molar-refractivity contribution in [3.8, 4) is 0 Å². The topological polar surface area (TPSA) is 32.3 Å². The number of rotatable bonds is 4. The van der Waals surface area contributed by atoms with Crippen LogP contribution in [-0.2, 0) is 0 Å². The van der Waals surface area contributed by atoms with E-state index in [1.807, 2.05) is 6.92 Å². The molecule has 0 amide bonds. The smallest absolute Gasteiger partial charge is 0.146 e. The first-order valence-corrected chi connectivity index (χ1v) is 4.86. The molecule has 4 heteroatoms. The number of hydrogen-bond donors (Lipinski definition) is 2. The van der Waals surface area contributed by atoms with Gasteiger partial charge in [0, 0.05) is 5.56 Å². The summed E-state index contributed by atoms with van der Waals surface area (Å²) < 4.78 is 13.5. The monoisotopic (exact) mass is 217 g/mol. The molecule has 0 aliphatic heterocycles. The highest BCUT2D eigenvalue weighted by atomic mass is 35.5. The molecule has 2 nitrogen and oxygen atoms in total. The van der Waals surface area contributed by atoms with E-state index in [0.717, 1.165) is 0 Å². The van der Waals surface area contributed by atoms with Gasteiger partial charge in [-0.3, -0.25) is 0 Å². The van der Waals surface area contributed by atoms with Crippen LogP contribution < -0.4 is 5.32 Å². The lowest BCUT2D eigenvalue weighted by molar-refractivity contribution is 0.243. The van der Waals surface area contributed by atoms with Crippen LogP contribution in [0.2, 0.25) is 5.02 Å². The van der Waals surface area contributed by atoms with Crippen molar-refractivity contribution in [3.63, 3.8) is 0 Å². The fourth-order valence-electron chi connectivity index (χ4n) is 1.31. The summed E-state index contributed by atoms with van der Waals surface area (Å²) in [6.07, 6.45) is 0. The number of aliphatic hydroxyl groups is 1. The van der Waals surface area contributed by atoms with E-state index in [1.165, 1.54) is 6.07 Å². The van der Waals surface area contributed by atoms with Crippen LogP contribution in [0.4, 0.5) is 4.39 Å². The zero-order valence-electron chi connectivity index (χ0n) is 7.93. The van der Waals surface area contributed by atoms with Gasteiger partial charge in [0.25, 0.3) is 0 Å². The minimum absolute atomic E-state index is 0.0823. The van der Waals surface area contributed by atoms with Crippen LogP contribution in [0.1, 0.15) is 18.5 Å². The van der Waals surface area contributed by atoms with Crippen molar-refractivity contribution in [1.29, 1.82) is 0 Å². The molecule has 2 N–H and O–H groups in total.